The Morgan fingerprint density at radius 3 is 2.59 bits per heavy atom. The number of hydroxylamine groups is 1. The van der Waals surface area contributed by atoms with Gasteiger partial charge in [-0.15, -0.1) is 11.8 Å². The number of amides is 2. The average Bonchev–Trinajstić information content (AvgIpc) is 2.28. The van der Waals surface area contributed by atoms with Crippen molar-refractivity contribution >= 4 is 23.6 Å². The van der Waals surface area contributed by atoms with E-state index < -0.39 is 11.8 Å². The van der Waals surface area contributed by atoms with Gasteiger partial charge in [-0.05, 0) is 24.3 Å². The molecule has 5 nitrogen and oxygen atoms in total. The Kier molecular flexibility index (Phi) is 5.44. The molecule has 0 fully saturated rings. The van der Waals surface area contributed by atoms with Crippen LogP contribution in [0.1, 0.15) is 0 Å². The zero-order valence-corrected chi connectivity index (χ0v) is 9.63. The molecule has 92 valence electrons. The molecular formula is C10H11FN2O3S. The lowest BCUT2D eigenvalue weighted by Crippen LogP contribution is -2.30. The quantitative estimate of drug-likeness (QED) is 0.573. The van der Waals surface area contributed by atoms with Crippen molar-refractivity contribution in [3.63, 3.8) is 0 Å². The van der Waals surface area contributed by atoms with Crippen molar-refractivity contribution in [2.45, 2.75) is 4.90 Å². The number of nitrogens with one attached hydrogen (secondary N) is 1. The third-order valence-electron chi connectivity index (χ3n) is 1.58. The van der Waals surface area contributed by atoms with E-state index in [2.05, 4.69) is 10.3 Å². The van der Waals surface area contributed by atoms with Crippen molar-refractivity contribution in [3.05, 3.63) is 30.1 Å². The number of nitrogens with two attached hydrogens (primary N) is 1. The van der Waals surface area contributed by atoms with Crippen LogP contribution in [0, 0.1) is 5.82 Å². The first-order valence-corrected chi connectivity index (χ1v) is 5.64. The van der Waals surface area contributed by atoms with Crippen LogP contribution in [0.3, 0.4) is 0 Å². The van der Waals surface area contributed by atoms with Gasteiger partial charge < -0.3 is 5.73 Å². The van der Waals surface area contributed by atoms with Crippen molar-refractivity contribution in [1.29, 1.82) is 0 Å². The van der Waals surface area contributed by atoms with E-state index in [0.717, 1.165) is 4.90 Å². The number of benzene rings is 1. The second-order valence-corrected chi connectivity index (χ2v) is 4.07. The van der Waals surface area contributed by atoms with E-state index >= 15 is 0 Å². The molecule has 0 saturated carbocycles. The summed E-state index contributed by atoms with van der Waals surface area (Å²) in [7, 11) is 0. The number of thioether (sulfide) groups is 1. The van der Waals surface area contributed by atoms with Crippen LogP contribution in [0.5, 0.6) is 0 Å². The highest BCUT2D eigenvalue weighted by atomic mass is 32.2. The molecule has 0 aliphatic rings. The molecule has 0 saturated heterocycles. The monoisotopic (exact) mass is 258 g/mol. The van der Waals surface area contributed by atoms with E-state index in [1.807, 2.05) is 0 Å². The number of halogens is 1. The highest BCUT2D eigenvalue weighted by molar-refractivity contribution is 8.00. The maximum Gasteiger partial charge on any atom is 0.253 e. The van der Waals surface area contributed by atoms with Crippen molar-refractivity contribution in [3.8, 4) is 0 Å². The molecule has 3 N–H and O–H groups in total. The highest BCUT2D eigenvalue weighted by Gasteiger charge is 2.03. The van der Waals surface area contributed by atoms with Gasteiger partial charge in [0.25, 0.3) is 5.91 Å². The lowest BCUT2D eigenvalue weighted by Gasteiger charge is -2.04. The summed E-state index contributed by atoms with van der Waals surface area (Å²) in [5.41, 5.74) is 6.86. The Labute approximate surface area is 101 Å². The van der Waals surface area contributed by atoms with Crippen LogP contribution >= 0.6 is 11.8 Å². The van der Waals surface area contributed by atoms with Gasteiger partial charge in [0.15, 0.2) is 6.61 Å². The standard InChI is InChI=1S/C10H11FN2O3S/c11-7-1-3-8(4-2-7)17-6-10(15)13-16-5-9(12)14/h1-4H,5-6H2,(H2,12,14)(H,13,15). The Bertz CT molecular complexity index is 397. The topological polar surface area (TPSA) is 81.4 Å². The van der Waals surface area contributed by atoms with Gasteiger partial charge >= 0.3 is 0 Å². The largest absolute Gasteiger partial charge is 0.368 e. The fraction of sp³-hybridized carbons (Fsp3) is 0.200. The summed E-state index contributed by atoms with van der Waals surface area (Å²) in [4.78, 5) is 26.8. The van der Waals surface area contributed by atoms with Crippen molar-refractivity contribution in [2.75, 3.05) is 12.4 Å². The average molecular weight is 258 g/mol. The van der Waals surface area contributed by atoms with Crippen LogP contribution in [0.15, 0.2) is 29.2 Å². The van der Waals surface area contributed by atoms with Crippen molar-refractivity contribution in [1.82, 2.24) is 5.48 Å². The fourth-order valence-corrected chi connectivity index (χ4v) is 1.58. The van der Waals surface area contributed by atoms with Gasteiger partial charge in [-0.25, -0.2) is 9.87 Å². The van der Waals surface area contributed by atoms with Crippen molar-refractivity contribution in [2.24, 2.45) is 5.73 Å². The van der Waals surface area contributed by atoms with Crippen LogP contribution in [0.4, 0.5) is 4.39 Å². The summed E-state index contributed by atoms with van der Waals surface area (Å²) < 4.78 is 12.6. The van der Waals surface area contributed by atoms with Crippen LogP contribution in [0.2, 0.25) is 0 Å². The number of carbonyl (C=O) groups excluding carboxylic acids is 2. The molecule has 0 radical (unpaired) electrons. The number of hydrogen-bond acceptors (Lipinski definition) is 4. The molecule has 0 atom stereocenters. The minimum Gasteiger partial charge on any atom is -0.368 e. The molecule has 0 aliphatic heterocycles. The minimum absolute atomic E-state index is 0.102. The summed E-state index contributed by atoms with van der Waals surface area (Å²) >= 11 is 1.22. The third-order valence-corrected chi connectivity index (χ3v) is 2.60. The zero-order chi connectivity index (χ0) is 12.7. The number of rotatable bonds is 6. The number of hydrogen-bond donors (Lipinski definition) is 2. The van der Waals surface area contributed by atoms with E-state index in [1.54, 1.807) is 12.1 Å². The maximum atomic E-state index is 12.6. The molecule has 0 unspecified atom stereocenters. The molecule has 0 heterocycles. The summed E-state index contributed by atoms with van der Waals surface area (Å²) in [6.45, 7) is -0.368. The predicted molar refractivity (Wildman–Crippen MR) is 60.4 cm³/mol. The maximum absolute atomic E-state index is 12.6. The Hall–Kier alpha value is -1.60. The Morgan fingerprint density at radius 1 is 1.35 bits per heavy atom. The lowest BCUT2D eigenvalue weighted by atomic mass is 10.4. The van der Waals surface area contributed by atoms with E-state index in [-0.39, 0.29) is 18.2 Å². The predicted octanol–water partition coefficient (Wildman–Crippen LogP) is 0.451. The second kappa shape index (κ2) is 6.87. The third kappa shape index (κ3) is 5.88. The molecule has 0 aromatic heterocycles. The normalized spacial score (nSPS) is 9.94. The summed E-state index contributed by atoms with van der Waals surface area (Å²) in [5.74, 6) is -1.30. The van der Waals surface area contributed by atoms with Gasteiger partial charge in [0.1, 0.15) is 5.82 Å². The first kappa shape index (κ1) is 13.5. The Balaban J connectivity index is 2.23. The summed E-state index contributed by atoms with van der Waals surface area (Å²) in [5, 5.41) is 0. The minimum atomic E-state index is -0.670. The van der Waals surface area contributed by atoms with Crippen LogP contribution in [-0.4, -0.2) is 24.2 Å². The van der Waals surface area contributed by atoms with E-state index in [4.69, 9.17) is 5.73 Å². The Morgan fingerprint density at radius 2 is 2.00 bits per heavy atom. The highest BCUT2D eigenvalue weighted by Crippen LogP contribution is 2.17. The summed E-state index contributed by atoms with van der Waals surface area (Å²) in [6.07, 6.45) is 0. The molecule has 0 aliphatic carbocycles. The van der Waals surface area contributed by atoms with E-state index in [9.17, 15) is 14.0 Å². The first-order valence-electron chi connectivity index (χ1n) is 4.65. The van der Waals surface area contributed by atoms with Gasteiger partial charge in [0.2, 0.25) is 5.91 Å². The molecule has 1 aromatic rings. The van der Waals surface area contributed by atoms with E-state index in [1.165, 1.54) is 23.9 Å². The number of carbonyl (C=O) groups is 2. The van der Waals surface area contributed by atoms with E-state index in [0.29, 0.717) is 0 Å². The van der Waals surface area contributed by atoms with Gasteiger partial charge in [-0.2, -0.15) is 0 Å². The lowest BCUT2D eigenvalue weighted by molar-refractivity contribution is -0.135. The second-order valence-electron chi connectivity index (χ2n) is 3.02. The molecule has 0 spiro atoms. The smallest absolute Gasteiger partial charge is 0.253 e. The first-order chi connectivity index (χ1) is 8.08. The summed E-state index contributed by atoms with van der Waals surface area (Å²) in [6, 6.07) is 5.75. The molecular weight excluding hydrogens is 247 g/mol. The molecule has 17 heavy (non-hydrogen) atoms. The van der Waals surface area contributed by atoms with Gasteiger partial charge in [0.05, 0.1) is 5.75 Å². The van der Waals surface area contributed by atoms with Crippen LogP contribution in [0.25, 0.3) is 0 Å². The molecule has 7 heteroatoms. The van der Waals surface area contributed by atoms with Crippen molar-refractivity contribution < 1.29 is 18.8 Å². The SMILES string of the molecule is NC(=O)CONC(=O)CSc1ccc(F)cc1. The molecule has 1 rings (SSSR count). The molecule has 2 amide bonds. The molecule has 0 bridgehead atoms. The zero-order valence-electron chi connectivity index (χ0n) is 8.81. The van der Waals surface area contributed by atoms with Gasteiger partial charge in [-0.1, -0.05) is 0 Å². The molecule has 1 aromatic carbocycles. The van der Waals surface area contributed by atoms with Gasteiger partial charge in [-0.3, -0.25) is 14.4 Å². The van der Waals surface area contributed by atoms with Crippen LogP contribution < -0.4 is 11.2 Å². The van der Waals surface area contributed by atoms with Gasteiger partial charge in [0, 0.05) is 4.90 Å². The number of primary amides is 1. The van der Waals surface area contributed by atoms with Crippen LogP contribution in [-0.2, 0) is 14.4 Å². The fourth-order valence-electron chi connectivity index (χ4n) is 0.897.